The molecule has 1 aliphatic carbocycles. The second-order valence-corrected chi connectivity index (χ2v) is 5.23. The Kier molecular flexibility index (Phi) is 2.83. The first kappa shape index (κ1) is 12.5. The Hall–Kier alpha value is -2.54. The van der Waals surface area contributed by atoms with Gasteiger partial charge in [-0.25, -0.2) is 0 Å². The predicted molar refractivity (Wildman–Crippen MR) is 75.6 cm³/mol. The van der Waals surface area contributed by atoms with Gasteiger partial charge in [0, 0.05) is 16.8 Å². The van der Waals surface area contributed by atoms with Crippen LogP contribution in [-0.2, 0) is 0 Å². The average molecular weight is 266 g/mol. The molecule has 4 nitrogen and oxygen atoms in total. The van der Waals surface area contributed by atoms with Crippen LogP contribution in [0.4, 0.5) is 0 Å². The molecule has 3 rings (SSSR count). The van der Waals surface area contributed by atoms with Gasteiger partial charge in [-0.2, -0.15) is 5.26 Å². The highest BCUT2D eigenvalue weighted by atomic mass is 16.3. The molecule has 0 atom stereocenters. The molecule has 1 fully saturated rings. The number of H-pyrrole nitrogens is 1. The molecular weight excluding hydrogens is 252 g/mol. The number of phenols is 1. The second kappa shape index (κ2) is 4.53. The Morgan fingerprint density at radius 2 is 2.05 bits per heavy atom. The van der Waals surface area contributed by atoms with Gasteiger partial charge in [-0.15, -0.1) is 0 Å². The van der Waals surface area contributed by atoms with E-state index in [0.29, 0.717) is 22.7 Å². The molecule has 0 bridgehead atoms. The standard InChI is InChI=1S/C16H14N2O2/c1-9-6-13(14(8-17)16(20)18-9)12-5-4-11(7-15(12)19)10-2-3-10/h4-7,10,19H,2-3H2,1H3,(H,18,20). The summed E-state index contributed by atoms with van der Waals surface area (Å²) in [5.74, 6) is 0.669. The van der Waals surface area contributed by atoms with E-state index in [4.69, 9.17) is 5.26 Å². The van der Waals surface area contributed by atoms with Crippen molar-refractivity contribution in [3.8, 4) is 22.9 Å². The van der Waals surface area contributed by atoms with Crippen molar-refractivity contribution in [3.63, 3.8) is 0 Å². The number of rotatable bonds is 2. The molecule has 0 saturated heterocycles. The van der Waals surface area contributed by atoms with E-state index in [2.05, 4.69) is 4.98 Å². The van der Waals surface area contributed by atoms with Crippen LogP contribution in [0, 0.1) is 18.3 Å². The Balaban J connectivity index is 2.18. The summed E-state index contributed by atoms with van der Waals surface area (Å²) in [5.41, 5.74) is 2.40. The van der Waals surface area contributed by atoms with E-state index < -0.39 is 5.56 Å². The lowest BCUT2D eigenvalue weighted by molar-refractivity contribution is 0.476. The Morgan fingerprint density at radius 3 is 2.65 bits per heavy atom. The fraction of sp³-hybridized carbons (Fsp3) is 0.250. The molecule has 1 saturated carbocycles. The largest absolute Gasteiger partial charge is 0.507 e. The quantitative estimate of drug-likeness (QED) is 0.877. The smallest absolute Gasteiger partial charge is 0.266 e. The number of nitriles is 1. The van der Waals surface area contributed by atoms with Crippen molar-refractivity contribution in [1.82, 2.24) is 4.98 Å². The summed E-state index contributed by atoms with van der Waals surface area (Å²) in [6, 6.07) is 9.12. The molecule has 2 N–H and O–H groups in total. The van der Waals surface area contributed by atoms with Crippen LogP contribution in [0.3, 0.4) is 0 Å². The average Bonchev–Trinajstić information content (AvgIpc) is 3.22. The molecule has 2 aromatic rings. The van der Waals surface area contributed by atoms with Crippen LogP contribution >= 0.6 is 0 Å². The highest BCUT2D eigenvalue weighted by Gasteiger charge is 2.24. The van der Waals surface area contributed by atoms with Crippen molar-refractivity contribution in [2.45, 2.75) is 25.7 Å². The van der Waals surface area contributed by atoms with Crippen molar-refractivity contribution in [3.05, 3.63) is 51.4 Å². The zero-order chi connectivity index (χ0) is 14.3. The molecule has 20 heavy (non-hydrogen) atoms. The fourth-order valence-corrected chi connectivity index (χ4v) is 2.46. The molecule has 4 heteroatoms. The molecule has 100 valence electrons. The van der Waals surface area contributed by atoms with Gasteiger partial charge in [0.2, 0.25) is 0 Å². The number of hydrogen-bond acceptors (Lipinski definition) is 3. The van der Waals surface area contributed by atoms with Crippen LogP contribution < -0.4 is 5.56 Å². The van der Waals surface area contributed by atoms with E-state index in [0.717, 1.165) is 18.4 Å². The molecule has 0 aliphatic heterocycles. The first-order valence-electron chi connectivity index (χ1n) is 6.57. The molecule has 1 aromatic carbocycles. The number of aryl methyl sites for hydroxylation is 1. The monoisotopic (exact) mass is 266 g/mol. The molecule has 0 radical (unpaired) electrons. The van der Waals surface area contributed by atoms with Crippen molar-refractivity contribution < 1.29 is 5.11 Å². The summed E-state index contributed by atoms with van der Waals surface area (Å²) < 4.78 is 0. The number of pyridine rings is 1. The minimum atomic E-state index is -0.423. The van der Waals surface area contributed by atoms with E-state index in [1.54, 1.807) is 25.1 Å². The third kappa shape index (κ3) is 2.08. The van der Waals surface area contributed by atoms with E-state index in [1.807, 2.05) is 12.1 Å². The summed E-state index contributed by atoms with van der Waals surface area (Å²) in [5, 5.41) is 19.3. The number of hydrogen-bond donors (Lipinski definition) is 2. The van der Waals surface area contributed by atoms with E-state index in [-0.39, 0.29) is 11.3 Å². The van der Waals surface area contributed by atoms with Crippen molar-refractivity contribution >= 4 is 0 Å². The highest BCUT2D eigenvalue weighted by molar-refractivity contribution is 5.75. The normalized spacial score (nSPS) is 14.0. The number of aromatic hydroxyl groups is 1. The van der Waals surface area contributed by atoms with Gasteiger partial charge in [-0.1, -0.05) is 12.1 Å². The third-order valence-electron chi connectivity index (χ3n) is 3.64. The van der Waals surface area contributed by atoms with Crippen LogP contribution in [0.2, 0.25) is 0 Å². The summed E-state index contributed by atoms with van der Waals surface area (Å²) >= 11 is 0. The van der Waals surface area contributed by atoms with E-state index in [1.165, 1.54) is 0 Å². The Labute approximate surface area is 116 Å². The van der Waals surface area contributed by atoms with Gasteiger partial charge < -0.3 is 10.1 Å². The van der Waals surface area contributed by atoms with E-state index in [9.17, 15) is 9.90 Å². The van der Waals surface area contributed by atoms with Crippen LogP contribution in [0.5, 0.6) is 5.75 Å². The number of benzene rings is 1. The third-order valence-corrected chi connectivity index (χ3v) is 3.64. The minimum Gasteiger partial charge on any atom is -0.507 e. The van der Waals surface area contributed by atoms with Gasteiger partial charge >= 0.3 is 0 Å². The van der Waals surface area contributed by atoms with E-state index >= 15 is 0 Å². The number of nitrogens with one attached hydrogen (secondary N) is 1. The number of aromatic amines is 1. The van der Waals surface area contributed by atoms with Gasteiger partial charge in [-0.05, 0) is 43.4 Å². The number of nitrogens with zero attached hydrogens (tertiary/aromatic N) is 1. The summed E-state index contributed by atoms with van der Waals surface area (Å²) in [6.07, 6.45) is 2.32. The molecule has 0 amide bonds. The maximum absolute atomic E-state index is 11.8. The topological polar surface area (TPSA) is 76.9 Å². The molecule has 1 aliphatic rings. The lowest BCUT2D eigenvalue weighted by Crippen LogP contribution is -2.12. The second-order valence-electron chi connectivity index (χ2n) is 5.23. The molecule has 1 heterocycles. The number of aromatic nitrogens is 1. The number of phenolic OH excluding ortho intramolecular Hbond substituents is 1. The summed E-state index contributed by atoms with van der Waals surface area (Å²) in [7, 11) is 0. The maximum atomic E-state index is 11.8. The van der Waals surface area contributed by atoms with Crippen molar-refractivity contribution in [1.29, 1.82) is 5.26 Å². The predicted octanol–water partition coefficient (Wildman–Crippen LogP) is 2.81. The van der Waals surface area contributed by atoms with Crippen LogP contribution in [0.1, 0.15) is 35.6 Å². The molecule has 0 unspecified atom stereocenters. The fourth-order valence-electron chi connectivity index (χ4n) is 2.46. The SMILES string of the molecule is Cc1cc(-c2ccc(C3CC3)cc2O)c(C#N)c(=O)[nH]1. The zero-order valence-electron chi connectivity index (χ0n) is 11.1. The van der Waals surface area contributed by atoms with Gasteiger partial charge in [0.05, 0.1) is 0 Å². The van der Waals surface area contributed by atoms with Gasteiger partial charge in [-0.3, -0.25) is 4.79 Å². The lowest BCUT2D eigenvalue weighted by Gasteiger charge is -2.09. The van der Waals surface area contributed by atoms with Gasteiger partial charge in [0.15, 0.2) is 0 Å². The van der Waals surface area contributed by atoms with Crippen LogP contribution in [-0.4, -0.2) is 10.1 Å². The van der Waals surface area contributed by atoms with Crippen molar-refractivity contribution in [2.75, 3.05) is 0 Å². The first-order valence-corrected chi connectivity index (χ1v) is 6.57. The minimum absolute atomic E-state index is 0.0325. The molecule has 1 aromatic heterocycles. The maximum Gasteiger partial charge on any atom is 0.266 e. The highest BCUT2D eigenvalue weighted by Crippen LogP contribution is 2.43. The van der Waals surface area contributed by atoms with Crippen LogP contribution in [0.15, 0.2) is 29.1 Å². The summed E-state index contributed by atoms with van der Waals surface area (Å²) in [4.78, 5) is 14.4. The van der Waals surface area contributed by atoms with Crippen LogP contribution in [0.25, 0.3) is 11.1 Å². The molecule has 0 spiro atoms. The first-order chi connectivity index (χ1) is 9.60. The lowest BCUT2D eigenvalue weighted by atomic mass is 9.98. The molecular formula is C16H14N2O2. The van der Waals surface area contributed by atoms with Gasteiger partial charge in [0.25, 0.3) is 5.56 Å². The Bertz CT molecular complexity index is 780. The zero-order valence-corrected chi connectivity index (χ0v) is 11.1. The van der Waals surface area contributed by atoms with Crippen molar-refractivity contribution in [2.24, 2.45) is 0 Å². The summed E-state index contributed by atoms with van der Waals surface area (Å²) in [6.45, 7) is 1.75. The van der Waals surface area contributed by atoms with Gasteiger partial charge in [0.1, 0.15) is 17.4 Å². The Morgan fingerprint density at radius 1 is 1.30 bits per heavy atom.